The molecule has 2 atom stereocenters. The lowest BCUT2D eigenvalue weighted by Crippen LogP contribution is -2.03. The molecule has 0 spiro atoms. The minimum absolute atomic E-state index is 0.579. The van der Waals surface area contributed by atoms with Gasteiger partial charge in [0.15, 0.2) is 0 Å². The topological polar surface area (TPSA) is 12.4 Å². The molecule has 0 N–H and O–H groups in total. The first-order valence-corrected chi connectivity index (χ1v) is 3.23. The molecule has 0 bridgehead atoms. The summed E-state index contributed by atoms with van der Waals surface area (Å²) in [7, 11) is 0. The number of hydrogen-bond acceptors (Lipinski definition) is 1. The summed E-state index contributed by atoms with van der Waals surface area (Å²) in [6.07, 6.45) is 1.21. The summed E-state index contributed by atoms with van der Waals surface area (Å²) in [5.74, 6) is 0.787. The Bertz CT molecular complexity index is 116. The van der Waals surface area contributed by atoms with Crippen LogP contribution in [-0.4, -0.2) is 11.8 Å². The predicted molar refractivity (Wildman–Crippen MR) is 36.4 cm³/mol. The van der Waals surface area contributed by atoms with Gasteiger partial charge in [0.25, 0.3) is 0 Å². The van der Waals surface area contributed by atoms with Crippen molar-refractivity contribution in [1.82, 2.24) is 0 Å². The zero-order chi connectivity index (χ0) is 6.15. The van der Waals surface area contributed by atoms with E-state index < -0.39 is 0 Å². The average molecular weight is 111 g/mol. The highest BCUT2D eigenvalue weighted by molar-refractivity contribution is 5.83. The van der Waals surface area contributed by atoms with Crippen molar-refractivity contribution in [3.63, 3.8) is 0 Å². The summed E-state index contributed by atoms with van der Waals surface area (Å²) in [4.78, 5) is 4.39. The van der Waals surface area contributed by atoms with Gasteiger partial charge in [-0.1, -0.05) is 6.92 Å². The Morgan fingerprint density at radius 2 is 2.12 bits per heavy atom. The van der Waals surface area contributed by atoms with Crippen molar-refractivity contribution in [1.29, 1.82) is 0 Å². The van der Waals surface area contributed by atoms with Gasteiger partial charge in [-0.3, -0.25) is 4.99 Å². The van der Waals surface area contributed by atoms with E-state index >= 15 is 0 Å². The van der Waals surface area contributed by atoms with Gasteiger partial charge in [-0.25, -0.2) is 0 Å². The Morgan fingerprint density at radius 1 is 1.50 bits per heavy atom. The van der Waals surface area contributed by atoms with Crippen molar-refractivity contribution >= 4 is 5.71 Å². The van der Waals surface area contributed by atoms with Crippen molar-refractivity contribution in [2.24, 2.45) is 10.9 Å². The van der Waals surface area contributed by atoms with Crippen LogP contribution in [0, 0.1) is 5.92 Å². The van der Waals surface area contributed by atoms with Crippen LogP contribution in [0.5, 0.6) is 0 Å². The van der Waals surface area contributed by atoms with Crippen LogP contribution in [0.4, 0.5) is 0 Å². The number of rotatable bonds is 0. The van der Waals surface area contributed by atoms with Crippen molar-refractivity contribution in [2.45, 2.75) is 33.2 Å². The van der Waals surface area contributed by atoms with E-state index in [0.717, 1.165) is 5.92 Å². The van der Waals surface area contributed by atoms with Gasteiger partial charge >= 0.3 is 0 Å². The zero-order valence-corrected chi connectivity index (χ0v) is 5.81. The van der Waals surface area contributed by atoms with Crippen LogP contribution in [0.25, 0.3) is 0 Å². The third kappa shape index (κ3) is 0.908. The minimum Gasteiger partial charge on any atom is -0.291 e. The third-order valence-corrected chi connectivity index (χ3v) is 1.86. The molecule has 1 aliphatic heterocycles. The van der Waals surface area contributed by atoms with Crippen LogP contribution in [0.1, 0.15) is 27.2 Å². The molecule has 0 aromatic carbocycles. The first kappa shape index (κ1) is 5.80. The van der Waals surface area contributed by atoms with E-state index in [4.69, 9.17) is 0 Å². The summed E-state index contributed by atoms with van der Waals surface area (Å²) in [6.45, 7) is 6.55. The SMILES string of the molecule is CC1=NC(C)[C@H](C)C1. The zero-order valence-electron chi connectivity index (χ0n) is 5.81. The molecule has 1 unspecified atom stereocenters. The van der Waals surface area contributed by atoms with Gasteiger partial charge in [0.2, 0.25) is 0 Å². The average Bonchev–Trinajstić information content (AvgIpc) is 1.85. The molecule has 1 heterocycles. The van der Waals surface area contributed by atoms with Crippen LogP contribution in [-0.2, 0) is 0 Å². The van der Waals surface area contributed by atoms with Crippen LogP contribution < -0.4 is 0 Å². The van der Waals surface area contributed by atoms with Gasteiger partial charge in [0.1, 0.15) is 0 Å². The second-order valence-corrected chi connectivity index (χ2v) is 2.79. The Morgan fingerprint density at radius 3 is 2.25 bits per heavy atom. The first-order chi connectivity index (χ1) is 3.70. The van der Waals surface area contributed by atoms with Crippen molar-refractivity contribution < 1.29 is 0 Å². The molecule has 0 saturated heterocycles. The van der Waals surface area contributed by atoms with Crippen molar-refractivity contribution in [2.75, 3.05) is 0 Å². The lowest BCUT2D eigenvalue weighted by atomic mass is 10.0. The van der Waals surface area contributed by atoms with E-state index in [9.17, 15) is 0 Å². The molecule has 0 fully saturated rings. The molecule has 1 rings (SSSR count). The fourth-order valence-electron chi connectivity index (χ4n) is 1.16. The van der Waals surface area contributed by atoms with Gasteiger partial charge in [0.05, 0.1) is 0 Å². The quantitative estimate of drug-likeness (QED) is 0.452. The number of nitrogens with zero attached hydrogens (tertiary/aromatic N) is 1. The molecule has 46 valence electrons. The monoisotopic (exact) mass is 111 g/mol. The van der Waals surface area contributed by atoms with Gasteiger partial charge in [-0.2, -0.15) is 0 Å². The van der Waals surface area contributed by atoms with Gasteiger partial charge in [-0.05, 0) is 26.2 Å². The Labute approximate surface area is 50.8 Å². The summed E-state index contributed by atoms with van der Waals surface area (Å²) in [5, 5.41) is 0. The number of hydrogen-bond donors (Lipinski definition) is 0. The Balaban J connectivity index is 2.56. The van der Waals surface area contributed by atoms with E-state index in [1.54, 1.807) is 0 Å². The van der Waals surface area contributed by atoms with Crippen molar-refractivity contribution in [3.05, 3.63) is 0 Å². The highest BCUT2D eigenvalue weighted by atomic mass is 14.8. The maximum Gasteiger partial charge on any atom is 0.0499 e. The third-order valence-electron chi connectivity index (χ3n) is 1.86. The highest BCUT2D eigenvalue weighted by Gasteiger charge is 2.17. The second-order valence-electron chi connectivity index (χ2n) is 2.79. The maximum absolute atomic E-state index is 4.39. The summed E-state index contributed by atoms with van der Waals surface area (Å²) >= 11 is 0. The molecule has 8 heavy (non-hydrogen) atoms. The first-order valence-electron chi connectivity index (χ1n) is 3.23. The number of aliphatic imine (C=N–C) groups is 1. The highest BCUT2D eigenvalue weighted by Crippen LogP contribution is 2.19. The lowest BCUT2D eigenvalue weighted by molar-refractivity contribution is 0.539. The predicted octanol–water partition coefficient (Wildman–Crippen LogP) is 1.88. The van der Waals surface area contributed by atoms with E-state index in [1.165, 1.54) is 12.1 Å². The van der Waals surface area contributed by atoms with Crippen LogP contribution >= 0.6 is 0 Å². The lowest BCUT2D eigenvalue weighted by Gasteiger charge is -2.03. The van der Waals surface area contributed by atoms with Gasteiger partial charge < -0.3 is 0 Å². The standard InChI is InChI=1S/C7H13N/c1-5-4-6(2)8-7(5)3/h5,7H,4H2,1-3H3/t5-,7?/m1/s1. The minimum atomic E-state index is 0.579. The molecular weight excluding hydrogens is 98.1 g/mol. The fourth-order valence-corrected chi connectivity index (χ4v) is 1.16. The molecule has 0 radical (unpaired) electrons. The van der Waals surface area contributed by atoms with Crippen molar-refractivity contribution in [3.8, 4) is 0 Å². The Hall–Kier alpha value is -0.330. The molecule has 1 heteroatoms. The van der Waals surface area contributed by atoms with Crippen LogP contribution in [0.3, 0.4) is 0 Å². The largest absolute Gasteiger partial charge is 0.291 e. The van der Waals surface area contributed by atoms with E-state index in [1.807, 2.05) is 0 Å². The molecule has 0 amide bonds. The normalized spacial score (nSPS) is 37.6. The Kier molecular flexibility index (Phi) is 1.37. The maximum atomic E-state index is 4.39. The summed E-state index contributed by atoms with van der Waals surface area (Å²) in [6, 6.07) is 0.579. The molecule has 1 nitrogen and oxygen atoms in total. The smallest absolute Gasteiger partial charge is 0.0499 e. The summed E-state index contributed by atoms with van der Waals surface area (Å²) < 4.78 is 0. The molecule has 0 aromatic heterocycles. The molecule has 0 aliphatic carbocycles. The molecule has 0 saturated carbocycles. The van der Waals surface area contributed by atoms with Crippen LogP contribution in [0.2, 0.25) is 0 Å². The summed E-state index contributed by atoms with van der Waals surface area (Å²) in [5.41, 5.74) is 1.32. The van der Waals surface area contributed by atoms with E-state index in [-0.39, 0.29) is 0 Å². The van der Waals surface area contributed by atoms with E-state index in [2.05, 4.69) is 25.8 Å². The fraction of sp³-hybridized carbons (Fsp3) is 0.857. The van der Waals surface area contributed by atoms with Crippen LogP contribution in [0.15, 0.2) is 4.99 Å². The molecular formula is C7H13N. The molecule has 0 aromatic rings. The van der Waals surface area contributed by atoms with Gasteiger partial charge in [0, 0.05) is 11.8 Å². The van der Waals surface area contributed by atoms with E-state index in [0.29, 0.717) is 6.04 Å². The van der Waals surface area contributed by atoms with Gasteiger partial charge in [-0.15, -0.1) is 0 Å². The second kappa shape index (κ2) is 1.88. The molecule has 1 aliphatic rings.